The molecule has 0 aliphatic rings. The monoisotopic (exact) mass is 240 g/mol. The van der Waals surface area contributed by atoms with Crippen molar-refractivity contribution in [1.29, 1.82) is 0 Å². The summed E-state index contributed by atoms with van der Waals surface area (Å²) in [5.74, 6) is -2.56. The second-order valence-electron chi connectivity index (χ2n) is 3.81. The van der Waals surface area contributed by atoms with Crippen molar-refractivity contribution < 1.29 is 19.8 Å². The van der Waals surface area contributed by atoms with Crippen molar-refractivity contribution in [1.82, 2.24) is 9.55 Å². The SMILES string of the molecule is CCCCCCn1cnc(C(=O)O)c1C(=O)O. The molecule has 17 heavy (non-hydrogen) atoms. The zero-order valence-electron chi connectivity index (χ0n) is 9.72. The molecular formula is C11H16N2O4. The average Bonchev–Trinajstić information content (AvgIpc) is 2.68. The van der Waals surface area contributed by atoms with Crippen LogP contribution in [0.4, 0.5) is 0 Å². The highest BCUT2D eigenvalue weighted by molar-refractivity contribution is 5.99. The molecule has 0 bridgehead atoms. The number of aryl methyl sites for hydroxylation is 1. The van der Waals surface area contributed by atoms with Gasteiger partial charge in [0.2, 0.25) is 0 Å². The summed E-state index contributed by atoms with van der Waals surface area (Å²) in [6.07, 6.45) is 5.28. The summed E-state index contributed by atoms with van der Waals surface area (Å²) < 4.78 is 1.39. The topological polar surface area (TPSA) is 92.4 Å². The number of hydrogen-bond donors (Lipinski definition) is 2. The lowest BCUT2D eigenvalue weighted by molar-refractivity contribution is 0.0640. The number of carboxylic acid groups (broad SMARTS) is 2. The Kier molecular flexibility index (Phi) is 4.68. The Labute approximate surface area is 98.9 Å². The molecule has 0 saturated carbocycles. The first-order valence-electron chi connectivity index (χ1n) is 5.59. The fourth-order valence-electron chi connectivity index (χ4n) is 1.64. The first-order valence-corrected chi connectivity index (χ1v) is 5.59. The van der Waals surface area contributed by atoms with E-state index in [1.807, 2.05) is 0 Å². The van der Waals surface area contributed by atoms with Crippen molar-refractivity contribution >= 4 is 11.9 Å². The maximum atomic E-state index is 11.0. The molecule has 0 unspecified atom stereocenters. The molecule has 0 aromatic carbocycles. The summed E-state index contributed by atoms with van der Waals surface area (Å²) >= 11 is 0. The lowest BCUT2D eigenvalue weighted by Gasteiger charge is -2.04. The van der Waals surface area contributed by atoms with Gasteiger partial charge in [0.15, 0.2) is 11.4 Å². The van der Waals surface area contributed by atoms with Crippen molar-refractivity contribution in [3.63, 3.8) is 0 Å². The van der Waals surface area contributed by atoms with Crippen LogP contribution < -0.4 is 0 Å². The van der Waals surface area contributed by atoms with E-state index in [1.165, 1.54) is 10.9 Å². The molecule has 0 aliphatic heterocycles. The summed E-state index contributed by atoms with van der Waals surface area (Å²) in [5, 5.41) is 17.8. The van der Waals surface area contributed by atoms with Crippen LogP contribution in [-0.2, 0) is 6.54 Å². The van der Waals surface area contributed by atoms with Gasteiger partial charge in [-0.15, -0.1) is 0 Å². The van der Waals surface area contributed by atoms with E-state index in [-0.39, 0.29) is 5.69 Å². The van der Waals surface area contributed by atoms with Gasteiger partial charge in [-0.25, -0.2) is 14.6 Å². The average molecular weight is 240 g/mol. The van der Waals surface area contributed by atoms with Crippen LogP contribution in [0, 0.1) is 0 Å². The number of imidazole rings is 1. The van der Waals surface area contributed by atoms with E-state index in [4.69, 9.17) is 10.2 Å². The quantitative estimate of drug-likeness (QED) is 0.709. The number of nitrogens with zero attached hydrogens (tertiary/aromatic N) is 2. The van der Waals surface area contributed by atoms with E-state index in [2.05, 4.69) is 11.9 Å². The van der Waals surface area contributed by atoms with Crippen LogP contribution in [0.15, 0.2) is 6.33 Å². The molecule has 94 valence electrons. The zero-order valence-corrected chi connectivity index (χ0v) is 9.72. The highest BCUT2D eigenvalue weighted by atomic mass is 16.4. The van der Waals surface area contributed by atoms with Gasteiger partial charge in [0.05, 0.1) is 6.33 Å². The molecule has 0 aliphatic carbocycles. The summed E-state index contributed by atoms with van der Waals surface area (Å²) in [7, 11) is 0. The fourth-order valence-corrected chi connectivity index (χ4v) is 1.64. The molecule has 1 aromatic heterocycles. The van der Waals surface area contributed by atoms with Crippen molar-refractivity contribution in [3.8, 4) is 0 Å². The standard InChI is InChI=1S/C11H16N2O4/c1-2-3-4-5-6-13-7-12-8(10(14)15)9(13)11(16)17/h7H,2-6H2,1H3,(H,14,15)(H,16,17). The number of aromatic nitrogens is 2. The van der Waals surface area contributed by atoms with E-state index < -0.39 is 17.6 Å². The van der Waals surface area contributed by atoms with E-state index in [9.17, 15) is 9.59 Å². The maximum absolute atomic E-state index is 11.0. The first-order chi connectivity index (χ1) is 8.07. The molecule has 0 atom stereocenters. The lowest BCUT2D eigenvalue weighted by Crippen LogP contribution is -2.13. The van der Waals surface area contributed by atoms with E-state index >= 15 is 0 Å². The molecule has 0 fully saturated rings. The third-order valence-corrected chi connectivity index (χ3v) is 2.50. The third-order valence-electron chi connectivity index (χ3n) is 2.50. The zero-order chi connectivity index (χ0) is 12.8. The predicted octanol–water partition coefficient (Wildman–Crippen LogP) is 1.86. The maximum Gasteiger partial charge on any atom is 0.357 e. The van der Waals surface area contributed by atoms with Gasteiger partial charge in [0.25, 0.3) is 0 Å². The minimum atomic E-state index is -1.31. The van der Waals surface area contributed by atoms with Gasteiger partial charge in [-0.1, -0.05) is 26.2 Å². The molecule has 1 heterocycles. The van der Waals surface area contributed by atoms with Crippen LogP contribution in [-0.4, -0.2) is 31.7 Å². The number of carboxylic acids is 2. The van der Waals surface area contributed by atoms with Gasteiger partial charge in [0, 0.05) is 6.54 Å². The predicted molar refractivity (Wildman–Crippen MR) is 60.3 cm³/mol. The largest absolute Gasteiger partial charge is 0.476 e. The van der Waals surface area contributed by atoms with Gasteiger partial charge < -0.3 is 14.8 Å². The van der Waals surface area contributed by atoms with E-state index in [1.54, 1.807) is 0 Å². The van der Waals surface area contributed by atoms with Crippen molar-refractivity contribution in [3.05, 3.63) is 17.7 Å². The summed E-state index contributed by atoms with van der Waals surface area (Å²) in [6.45, 7) is 2.57. The molecule has 6 nitrogen and oxygen atoms in total. The normalized spacial score (nSPS) is 10.4. The van der Waals surface area contributed by atoms with Gasteiger partial charge >= 0.3 is 11.9 Å². The van der Waals surface area contributed by atoms with E-state index in [0.717, 1.165) is 25.7 Å². The molecule has 0 amide bonds. The third kappa shape index (κ3) is 3.30. The number of aromatic carboxylic acids is 2. The molecule has 0 spiro atoms. The molecule has 1 rings (SSSR count). The Morgan fingerprint density at radius 1 is 1.24 bits per heavy atom. The number of hydrogen-bond acceptors (Lipinski definition) is 3. The second kappa shape index (κ2) is 6.03. The van der Waals surface area contributed by atoms with Gasteiger partial charge in [-0.3, -0.25) is 0 Å². The molecule has 0 radical (unpaired) electrons. The van der Waals surface area contributed by atoms with Crippen LogP contribution >= 0.6 is 0 Å². The Morgan fingerprint density at radius 3 is 2.47 bits per heavy atom. The minimum absolute atomic E-state index is 0.242. The molecule has 6 heteroatoms. The first kappa shape index (κ1) is 13.2. The van der Waals surface area contributed by atoms with Crippen molar-refractivity contribution in [2.75, 3.05) is 0 Å². The number of unbranched alkanes of at least 4 members (excludes halogenated alkanes) is 3. The van der Waals surface area contributed by atoms with Crippen molar-refractivity contribution in [2.24, 2.45) is 0 Å². The Bertz CT molecular complexity index is 412. The summed E-state index contributed by atoms with van der Waals surface area (Å²) in [6, 6.07) is 0. The minimum Gasteiger partial charge on any atom is -0.476 e. The fraction of sp³-hybridized carbons (Fsp3) is 0.545. The van der Waals surface area contributed by atoms with Crippen LogP contribution in [0.1, 0.15) is 53.6 Å². The summed E-state index contributed by atoms with van der Waals surface area (Å²) in [4.78, 5) is 25.4. The highest BCUT2D eigenvalue weighted by Crippen LogP contribution is 2.10. The Hall–Kier alpha value is -1.85. The van der Waals surface area contributed by atoms with Crippen LogP contribution in [0.25, 0.3) is 0 Å². The van der Waals surface area contributed by atoms with Crippen LogP contribution in [0.5, 0.6) is 0 Å². The van der Waals surface area contributed by atoms with Gasteiger partial charge in [-0.2, -0.15) is 0 Å². The van der Waals surface area contributed by atoms with E-state index in [0.29, 0.717) is 6.54 Å². The van der Waals surface area contributed by atoms with Crippen LogP contribution in [0.2, 0.25) is 0 Å². The summed E-state index contributed by atoms with van der Waals surface area (Å²) in [5.41, 5.74) is -0.637. The van der Waals surface area contributed by atoms with Gasteiger partial charge in [0.1, 0.15) is 0 Å². The molecule has 0 saturated heterocycles. The smallest absolute Gasteiger partial charge is 0.357 e. The second-order valence-corrected chi connectivity index (χ2v) is 3.81. The van der Waals surface area contributed by atoms with Crippen LogP contribution in [0.3, 0.4) is 0 Å². The Balaban J connectivity index is 2.78. The number of rotatable bonds is 7. The molecule has 2 N–H and O–H groups in total. The Morgan fingerprint density at radius 2 is 1.94 bits per heavy atom. The molecular weight excluding hydrogens is 224 g/mol. The lowest BCUT2D eigenvalue weighted by atomic mass is 10.2. The van der Waals surface area contributed by atoms with Crippen molar-refractivity contribution in [2.45, 2.75) is 39.2 Å². The number of carbonyl (C=O) groups is 2. The highest BCUT2D eigenvalue weighted by Gasteiger charge is 2.22. The molecule has 1 aromatic rings. The van der Waals surface area contributed by atoms with Gasteiger partial charge in [-0.05, 0) is 6.42 Å².